The maximum atomic E-state index is 2.50. The summed E-state index contributed by atoms with van der Waals surface area (Å²) in [4.78, 5) is 4.94. The Kier molecular flexibility index (Phi) is 2.96. The molecule has 0 N–H and O–H groups in total. The molecule has 1 aliphatic rings. The van der Waals surface area contributed by atoms with Crippen LogP contribution in [0.15, 0.2) is 30.3 Å². The fourth-order valence-corrected chi connectivity index (χ4v) is 2.28. The maximum Gasteiger partial charge on any atom is 0.0389 e. The Morgan fingerprint density at radius 1 is 1.00 bits per heavy atom. The summed E-state index contributed by atoms with van der Waals surface area (Å²) in [6.07, 6.45) is 0. The van der Waals surface area contributed by atoms with Crippen molar-refractivity contribution in [2.24, 2.45) is 0 Å². The molecular weight excluding hydrogens is 184 g/mol. The van der Waals surface area contributed by atoms with E-state index < -0.39 is 0 Å². The summed E-state index contributed by atoms with van der Waals surface area (Å²) in [5.74, 6) is 0. The van der Waals surface area contributed by atoms with Gasteiger partial charge in [0.15, 0.2) is 0 Å². The van der Waals surface area contributed by atoms with Crippen molar-refractivity contribution in [3.63, 3.8) is 0 Å². The van der Waals surface area contributed by atoms with Gasteiger partial charge in [0.2, 0.25) is 0 Å². The molecule has 0 spiro atoms. The van der Waals surface area contributed by atoms with Crippen molar-refractivity contribution < 1.29 is 0 Å². The number of benzene rings is 1. The quantitative estimate of drug-likeness (QED) is 0.692. The molecule has 1 aromatic rings. The third kappa shape index (κ3) is 2.15. The molecule has 0 amide bonds. The van der Waals surface area contributed by atoms with Gasteiger partial charge in [-0.25, -0.2) is 0 Å². The summed E-state index contributed by atoms with van der Waals surface area (Å²) in [6, 6.07) is 12.0. The van der Waals surface area contributed by atoms with Gasteiger partial charge in [0.25, 0.3) is 0 Å². The second-order valence-electron chi connectivity index (χ2n) is 4.63. The Morgan fingerprint density at radius 2 is 1.67 bits per heavy atom. The third-order valence-electron chi connectivity index (χ3n) is 3.39. The zero-order valence-corrected chi connectivity index (χ0v) is 9.85. The number of hydrogen-bond acceptors (Lipinski definition) is 2. The van der Waals surface area contributed by atoms with Crippen LogP contribution in [0.5, 0.6) is 0 Å². The molecule has 1 aromatic carbocycles. The number of anilines is 1. The van der Waals surface area contributed by atoms with E-state index in [0.717, 1.165) is 13.1 Å². The van der Waals surface area contributed by atoms with Gasteiger partial charge in [0.1, 0.15) is 0 Å². The Bertz CT molecular complexity index is 310. The van der Waals surface area contributed by atoms with Gasteiger partial charge in [-0.1, -0.05) is 18.2 Å². The molecule has 1 saturated heterocycles. The first kappa shape index (κ1) is 10.5. The van der Waals surface area contributed by atoms with Gasteiger partial charge in [-0.3, -0.25) is 4.90 Å². The van der Waals surface area contributed by atoms with Gasteiger partial charge in [0.05, 0.1) is 0 Å². The molecule has 0 aliphatic carbocycles. The topological polar surface area (TPSA) is 6.48 Å². The molecule has 0 unspecified atom stereocenters. The first-order valence-corrected chi connectivity index (χ1v) is 5.70. The van der Waals surface area contributed by atoms with Crippen molar-refractivity contribution in [3.8, 4) is 0 Å². The standard InChI is InChI=1S/C13H20N2/c1-11-10-15(12(2)9-14(11)3)13-7-5-4-6-8-13/h4-8,11-12H,9-10H2,1-3H3/t11-,12+/m0/s1. The highest BCUT2D eigenvalue weighted by Gasteiger charge is 2.26. The van der Waals surface area contributed by atoms with Crippen LogP contribution in [0, 0.1) is 0 Å². The maximum absolute atomic E-state index is 2.50. The van der Waals surface area contributed by atoms with Crippen LogP contribution in [0.4, 0.5) is 5.69 Å². The van der Waals surface area contributed by atoms with Gasteiger partial charge >= 0.3 is 0 Å². The van der Waals surface area contributed by atoms with Crippen LogP contribution in [0.25, 0.3) is 0 Å². The largest absolute Gasteiger partial charge is 0.366 e. The van der Waals surface area contributed by atoms with Crippen LogP contribution in [0.1, 0.15) is 13.8 Å². The zero-order valence-electron chi connectivity index (χ0n) is 9.85. The fourth-order valence-electron chi connectivity index (χ4n) is 2.28. The third-order valence-corrected chi connectivity index (χ3v) is 3.39. The van der Waals surface area contributed by atoms with Crippen LogP contribution in [-0.4, -0.2) is 37.1 Å². The lowest BCUT2D eigenvalue weighted by molar-refractivity contribution is 0.206. The van der Waals surface area contributed by atoms with Crippen molar-refractivity contribution >= 4 is 5.69 Å². The smallest absolute Gasteiger partial charge is 0.0389 e. The van der Waals surface area contributed by atoms with E-state index in [4.69, 9.17) is 0 Å². The van der Waals surface area contributed by atoms with E-state index >= 15 is 0 Å². The van der Waals surface area contributed by atoms with Crippen molar-refractivity contribution in [3.05, 3.63) is 30.3 Å². The van der Waals surface area contributed by atoms with E-state index in [1.54, 1.807) is 0 Å². The van der Waals surface area contributed by atoms with Gasteiger partial charge in [-0.15, -0.1) is 0 Å². The number of piperazine rings is 1. The van der Waals surface area contributed by atoms with Gasteiger partial charge < -0.3 is 4.90 Å². The Morgan fingerprint density at radius 3 is 2.33 bits per heavy atom. The molecule has 0 radical (unpaired) electrons. The minimum absolute atomic E-state index is 0.605. The van der Waals surface area contributed by atoms with Crippen molar-refractivity contribution in [1.29, 1.82) is 0 Å². The Hall–Kier alpha value is -1.02. The van der Waals surface area contributed by atoms with E-state index in [1.807, 2.05) is 0 Å². The van der Waals surface area contributed by atoms with E-state index in [9.17, 15) is 0 Å². The fraction of sp³-hybridized carbons (Fsp3) is 0.538. The van der Waals surface area contributed by atoms with Crippen molar-refractivity contribution in [1.82, 2.24) is 4.90 Å². The highest BCUT2D eigenvalue weighted by molar-refractivity contribution is 5.47. The number of rotatable bonds is 1. The lowest BCUT2D eigenvalue weighted by Crippen LogP contribution is -2.55. The van der Waals surface area contributed by atoms with Crippen LogP contribution in [-0.2, 0) is 0 Å². The summed E-state index contributed by atoms with van der Waals surface area (Å²) in [6.45, 7) is 6.87. The second-order valence-corrected chi connectivity index (χ2v) is 4.63. The Balaban J connectivity index is 2.16. The summed E-state index contributed by atoms with van der Waals surface area (Å²) in [7, 11) is 2.21. The summed E-state index contributed by atoms with van der Waals surface area (Å²) in [5.41, 5.74) is 1.35. The number of para-hydroxylation sites is 1. The predicted molar refractivity (Wildman–Crippen MR) is 65.3 cm³/mol. The Labute approximate surface area is 92.5 Å². The summed E-state index contributed by atoms with van der Waals surface area (Å²) < 4.78 is 0. The molecule has 1 aliphatic heterocycles. The summed E-state index contributed by atoms with van der Waals surface area (Å²) >= 11 is 0. The molecule has 2 nitrogen and oxygen atoms in total. The van der Waals surface area contributed by atoms with Gasteiger partial charge in [0, 0.05) is 30.9 Å². The molecule has 0 aromatic heterocycles. The van der Waals surface area contributed by atoms with E-state index in [2.05, 4.69) is 61.0 Å². The number of likely N-dealkylation sites (N-methyl/N-ethyl adjacent to an activating group) is 1. The molecule has 82 valence electrons. The lowest BCUT2D eigenvalue weighted by atomic mass is 10.1. The first-order valence-electron chi connectivity index (χ1n) is 5.70. The average molecular weight is 204 g/mol. The summed E-state index contributed by atoms with van der Waals surface area (Å²) in [5, 5.41) is 0. The predicted octanol–water partition coefficient (Wildman–Crippen LogP) is 2.22. The number of nitrogens with zero attached hydrogens (tertiary/aromatic N) is 2. The molecular formula is C13H20N2. The number of hydrogen-bond donors (Lipinski definition) is 0. The van der Waals surface area contributed by atoms with Crippen molar-refractivity contribution in [2.75, 3.05) is 25.0 Å². The van der Waals surface area contributed by atoms with Crippen molar-refractivity contribution in [2.45, 2.75) is 25.9 Å². The normalized spacial score (nSPS) is 28.1. The monoisotopic (exact) mass is 204 g/mol. The minimum atomic E-state index is 0.605. The van der Waals surface area contributed by atoms with Gasteiger partial charge in [-0.2, -0.15) is 0 Å². The minimum Gasteiger partial charge on any atom is -0.366 e. The molecule has 0 saturated carbocycles. The van der Waals surface area contributed by atoms with Crippen LogP contribution in [0.2, 0.25) is 0 Å². The van der Waals surface area contributed by atoms with E-state index in [1.165, 1.54) is 5.69 Å². The van der Waals surface area contributed by atoms with E-state index in [-0.39, 0.29) is 0 Å². The molecule has 2 atom stereocenters. The highest BCUT2D eigenvalue weighted by atomic mass is 15.3. The average Bonchev–Trinajstić information content (AvgIpc) is 2.25. The molecule has 1 fully saturated rings. The highest BCUT2D eigenvalue weighted by Crippen LogP contribution is 2.21. The van der Waals surface area contributed by atoms with Gasteiger partial charge in [-0.05, 0) is 33.0 Å². The second kappa shape index (κ2) is 4.23. The van der Waals surface area contributed by atoms with Crippen LogP contribution < -0.4 is 4.90 Å². The molecule has 2 rings (SSSR count). The first-order chi connectivity index (χ1) is 7.18. The molecule has 0 bridgehead atoms. The van der Waals surface area contributed by atoms with Crippen LogP contribution >= 0.6 is 0 Å². The lowest BCUT2D eigenvalue weighted by Gasteiger charge is -2.43. The SMILES string of the molecule is C[C@@H]1CN(C)[C@@H](C)CN1c1ccccc1. The van der Waals surface area contributed by atoms with Crippen LogP contribution in [0.3, 0.4) is 0 Å². The molecule has 1 heterocycles. The van der Waals surface area contributed by atoms with E-state index in [0.29, 0.717) is 12.1 Å². The molecule has 2 heteroatoms. The molecule has 15 heavy (non-hydrogen) atoms. The zero-order chi connectivity index (χ0) is 10.8.